The maximum atomic E-state index is 14.6. The Bertz CT molecular complexity index is 2550. The molecule has 11 heteroatoms. The van der Waals surface area contributed by atoms with E-state index in [1.165, 1.54) is 25.4 Å². The number of amides is 1. The molecule has 0 bridgehead atoms. The van der Waals surface area contributed by atoms with E-state index in [0.29, 0.717) is 63.2 Å². The molecule has 0 radical (unpaired) electrons. The average molecular weight is 747 g/mol. The molecule has 8 rings (SSSR count). The fourth-order valence-corrected chi connectivity index (χ4v) is 7.12. The fraction of sp³-hybridized carbons (Fsp3) is 0.111. The predicted molar refractivity (Wildman–Crippen MR) is 207 cm³/mol. The van der Waals surface area contributed by atoms with Gasteiger partial charge in [-0.3, -0.25) is 4.79 Å². The van der Waals surface area contributed by atoms with Crippen molar-refractivity contribution in [3.63, 3.8) is 0 Å². The Morgan fingerprint density at radius 2 is 1.21 bits per heavy atom. The molecule has 2 aliphatic heterocycles. The summed E-state index contributed by atoms with van der Waals surface area (Å²) in [5.41, 5.74) is 1.86. The summed E-state index contributed by atoms with van der Waals surface area (Å²) in [5.74, 6) is 0.843. The molecule has 0 aliphatic carbocycles. The quantitative estimate of drug-likeness (QED) is 0.0773. The molecule has 1 unspecified atom stereocenters. The number of hydrazone groups is 1. The van der Waals surface area contributed by atoms with E-state index in [0.717, 1.165) is 0 Å². The lowest BCUT2D eigenvalue weighted by atomic mass is 9.75. The summed E-state index contributed by atoms with van der Waals surface area (Å²) in [5, 5.41) is 6.30. The number of hydrogen-bond donors (Lipinski definition) is 0. The zero-order valence-electron chi connectivity index (χ0n) is 30.6. The Morgan fingerprint density at radius 1 is 0.661 bits per heavy atom. The third-order valence-electron chi connectivity index (χ3n) is 9.57. The van der Waals surface area contributed by atoms with E-state index in [-0.39, 0.29) is 28.5 Å². The third kappa shape index (κ3) is 6.05. The summed E-state index contributed by atoms with van der Waals surface area (Å²) in [7, 11) is 2.96. The fourth-order valence-electron chi connectivity index (χ4n) is 7.12. The van der Waals surface area contributed by atoms with Crippen LogP contribution in [0.15, 0.2) is 139 Å². The summed E-state index contributed by atoms with van der Waals surface area (Å²) in [4.78, 5) is 41.3. The number of para-hydroxylation sites is 3. The first-order valence-corrected chi connectivity index (χ1v) is 17.7. The lowest BCUT2D eigenvalue weighted by Gasteiger charge is -2.41. The molecule has 6 aromatic carbocycles. The van der Waals surface area contributed by atoms with Gasteiger partial charge in [-0.15, -0.1) is 0 Å². The van der Waals surface area contributed by atoms with Crippen molar-refractivity contribution in [2.24, 2.45) is 5.10 Å². The molecule has 0 fully saturated rings. The average Bonchev–Trinajstić information content (AvgIpc) is 3.47. The van der Waals surface area contributed by atoms with Crippen LogP contribution in [0.25, 0.3) is 0 Å². The predicted octanol–water partition coefficient (Wildman–Crippen LogP) is 8.43. The van der Waals surface area contributed by atoms with Crippen LogP contribution in [0.3, 0.4) is 0 Å². The topological polar surface area (TPSA) is 122 Å². The summed E-state index contributed by atoms with van der Waals surface area (Å²) >= 11 is 0. The molecule has 0 saturated heterocycles. The third-order valence-corrected chi connectivity index (χ3v) is 9.57. The molecular formula is C45H34N2O9. The lowest BCUT2D eigenvalue weighted by molar-refractivity contribution is 0.0672. The number of esters is 2. The molecule has 278 valence electrons. The van der Waals surface area contributed by atoms with Crippen molar-refractivity contribution in [3.8, 4) is 40.2 Å². The first kappa shape index (κ1) is 35.6. The molecule has 1 atom stereocenters. The smallest absolute Gasteiger partial charge is 0.347 e. The van der Waals surface area contributed by atoms with Gasteiger partial charge in [-0.2, -0.15) is 5.10 Å². The number of carbonyl (C=O) groups excluding carboxylic acids is 3. The first-order chi connectivity index (χ1) is 27.4. The van der Waals surface area contributed by atoms with Crippen LogP contribution in [0.2, 0.25) is 0 Å². The normalized spacial score (nSPS) is 15.1. The SMILES string of the molecule is CCOc1ccc2c(c1)Oc1cc(OC(=O)c3ccccc3OC)ccc1C21c2ccccc2C(=O)N1/N=C/c1ccccc1OC(=O)c1ccccc1OC. The molecule has 1 spiro atoms. The standard InChI is InChI=1S/C45H34N2O9/c1-4-53-29-21-23-35-40(25-29)55-41-26-30(54-43(49)32-15-7-11-19-38(32)51-2)22-24-36(41)45(35)34-17-9-6-14-31(34)42(48)47(45)46-27-28-13-5-10-18-37(28)56-44(50)33-16-8-12-20-39(33)52-3/h5-27H,4H2,1-3H3/b46-27+. The van der Waals surface area contributed by atoms with Crippen LogP contribution in [-0.4, -0.2) is 49.9 Å². The van der Waals surface area contributed by atoms with Crippen LogP contribution in [-0.2, 0) is 5.54 Å². The van der Waals surface area contributed by atoms with E-state index >= 15 is 0 Å². The summed E-state index contributed by atoms with van der Waals surface area (Å²) < 4.78 is 34.9. The Labute approximate surface area is 322 Å². The molecule has 56 heavy (non-hydrogen) atoms. The van der Waals surface area contributed by atoms with Gasteiger partial charge in [0.15, 0.2) is 0 Å². The van der Waals surface area contributed by atoms with Gasteiger partial charge in [-0.25, -0.2) is 14.6 Å². The summed E-state index contributed by atoms with van der Waals surface area (Å²) in [6.07, 6.45) is 1.49. The molecular weight excluding hydrogens is 713 g/mol. The maximum Gasteiger partial charge on any atom is 0.347 e. The van der Waals surface area contributed by atoms with Crippen molar-refractivity contribution in [1.29, 1.82) is 0 Å². The molecule has 6 aromatic rings. The monoisotopic (exact) mass is 746 g/mol. The molecule has 0 N–H and O–H groups in total. The van der Waals surface area contributed by atoms with Crippen molar-refractivity contribution < 1.29 is 42.8 Å². The number of ether oxygens (including phenoxy) is 6. The highest BCUT2D eigenvalue weighted by molar-refractivity contribution is 6.03. The number of benzene rings is 6. The first-order valence-electron chi connectivity index (χ1n) is 17.7. The van der Waals surface area contributed by atoms with Crippen molar-refractivity contribution in [2.75, 3.05) is 20.8 Å². The largest absolute Gasteiger partial charge is 0.496 e. The second kappa shape index (κ2) is 14.8. The number of rotatable bonds is 10. The zero-order chi connectivity index (χ0) is 38.8. The van der Waals surface area contributed by atoms with Crippen molar-refractivity contribution in [3.05, 3.63) is 172 Å². The van der Waals surface area contributed by atoms with E-state index in [1.54, 1.807) is 109 Å². The van der Waals surface area contributed by atoms with Crippen molar-refractivity contribution in [2.45, 2.75) is 12.5 Å². The number of nitrogens with zero attached hydrogens (tertiary/aromatic N) is 2. The molecule has 1 amide bonds. The van der Waals surface area contributed by atoms with Gasteiger partial charge in [0, 0.05) is 39.9 Å². The van der Waals surface area contributed by atoms with Gasteiger partial charge >= 0.3 is 11.9 Å². The van der Waals surface area contributed by atoms with E-state index in [4.69, 9.17) is 33.5 Å². The number of methoxy groups -OCH3 is 2. The Hall–Kier alpha value is -7.40. The van der Waals surface area contributed by atoms with Crippen LogP contribution < -0.4 is 28.4 Å². The van der Waals surface area contributed by atoms with Gasteiger partial charge in [0.25, 0.3) is 5.91 Å². The van der Waals surface area contributed by atoms with Crippen LogP contribution in [0, 0.1) is 0 Å². The second-order valence-electron chi connectivity index (χ2n) is 12.7. The highest BCUT2D eigenvalue weighted by atomic mass is 16.5. The second-order valence-corrected chi connectivity index (χ2v) is 12.7. The minimum Gasteiger partial charge on any atom is -0.496 e. The minimum absolute atomic E-state index is 0.206. The van der Waals surface area contributed by atoms with Gasteiger partial charge in [0.05, 0.1) is 27.0 Å². The summed E-state index contributed by atoms with van der Waals surface area (Å²) in [6, 6.07) is 38.2. The van der Waals surface area contributed by atoms with Crippen molar-refractivity contribution >= 4 is 24.1 Å². The molecule has 2 aliphatic rings. The van der Waals surface area contributed by atoms with Gasteiger partial charge < -0.3 is 28.4 Å². The highest BCUT2D eigenvalue weighted by Gasteiger charge is 2.57. The van der Waals surface area contributed by atoms with Gasteiger partial charge in [0.2, 0.25) is 0 Å². The number of fused-ring (bicyclic) bond motifs is 6. The molecule has 2 heterocycles. The van der Waals surface area contributed by atoms with E-state index < -0.39 is 17.5 Å². The number of carbonyl (C=O) groups is 3. The lowest BCUT2D eigenvalue weighted by Crippen LogP contribution is -2.44. The highest BCUT2D eigenvalue weighted by Crippen LogP contribution is 2.58. The van der Waals surface area contributed by atoms with Crippen LogP contribution in [0.5, 0.6) is 40.2 Å². The number of hydrogen-bond acceptors (Lipinski definition) is 10. The maximum absolute atomic E-state index is 14.6. The van der Waals surface area contributed by atoms with Crippen molar-refractivity contribution in [1.82, 2.24) is 5.01 Å². The van der Waals surface area contributed by atoms with Crippen LogP contribution in [0.1, 0.15) is 60.3 Å². The van der Waals surface area contributed by atoms with E-state index in [1.807, 2.05) is 31.2 Å². The van der Waals surface area contributed by atoms with Gasteiger partial charge in [-0.1, -0.05) is 54.6 Å². The Morgan fingerprint density at radius 3 is 1.88 bits per heavy atom. The minimum atomic E-state index is -1.36. The van der Waals surface area contributed by atoms with E-state index in [9.17, 15) is 14.4 Å². The van der Waals surface area contributed by atoms with Crippen LogP contribution >= 0.6 is 0 Å². The van der Waals surface area contributed by atoms with Crippen LogP contribution in [0.4, 0.5) is 0 Å². The Balaban J connectivity index is 1.25. The molecule has 11 nitrogen and oxygen atoms in total. The van der Waals surface area contributed by atoms with E-state index in [2.05, 4.69) is 0 Å². The molecule has 0 aromatic heterocycles. The van der Waals surface area contributed by atoms with Gasteiger partial charge in [-0.05, 0) is 73.7 Å². The zero-order valence-corrected chi connectivity index (χ0v) is 30.6. The molecule has 0 saturated carbocycles. The Kier molecular flexibility index (Phi) is 9.41. The summed E-state index contributed by atoms with van der Waals surface area (Å²) in [6.45, 7) is 2.30. The van der Waals surface area contributed by atoms with Gasteiger partial charge in [0.1, 0.15) is 56.9 Å².